The molecule has 1 amide bonds. The number of carbonyl (C=O) groups excluding carboxylic acids is 1. The van der Waals surface area contributed by atoms with Crippen LogP contribution < -0.4 is 16.4 Å². The number of hydrogen-bond donors (Lipinski definition) is 3. The third kappa shape index (κ3) is 3.21. The van der Waals surface area contributed by atoms with Gasteiger partial charge in [0.15, 0.2) is 0 Å². The second-order valence-electron chi connectivity index (χ2n) is 6.81. The molecule has 4 rings (SSSR count). The highest BCUT2D eigenvalue weighted by atomic mass is 19.1. The van der Waals surface area contributed by atoms with Crippen LogP contribution in [-0.2, 0) is 0 Å². The third-order valence-electron chi connectivity index (χ3n) is 5.08. The highest BCUT2D eigenvalue weighted by molar-refractivity contribution is 6.06. The Morgan fingerprint density at radius 1 is 1.26 bits per heavy atom. The number of halogens is 1. The van der Waals surface area contributed by atoms with E-state index in [1.54, 1.807) is 19.1 Å². The first-order valence-corrected chi connectivity index (χ1v) is 8.81. The lowest BCUT2D eigenvalue weighted by molar-refractivity contribution is 0.100. The molecule has 2 aromatic carbocycles. The number of para-hydroxylation sites is 1. The van der Waals surface area contributed by atoms with Crippen LogP contribution in [0.25, 0.3) is 10.9 Å². The average molecular weight is 365 g/mol. The van der Waals surface area contributed by atoms with Crippen LogP contribution in [0.4, 0.5) is 10.2 Å². The van der Waals surface area contributed by atoms with Crippen molar-refractivity contribution in [1.29, 1.82) is 0 Å². The number of hydrogen-bond acceptors (Lipinski definition) is 5. The summed E-state index contributed by atoms with van der Waals surface area (Å²) in [6.45, 7) is 3.31. The predicted octanol–water partition coefficient (Wildman–Crippen LogP) is 2.34. The summed E-state index contributed by atoms with van der Waals surface area (Å²) in [5, 5.41) is 7.60. The number of aryl methyl sites for hydroxylation is 1. The lowest BCUT2D eigenvalue weighted by Gasteiger charge is -2.22. The van der Waals surface area contributed by atoms with Crippen molar-refractivity contribution in [3.63, 3.8) is 0 Å². The third-order valence-corrected chi connectivity index (χ3v) is 5.08. The van der Waals surface area contributed by atoms with Gasteiger partial charge in [0, 0.05) is 30.4 Å². The van der Waals surface area contributed by atoms with E-state index in [0.717, 1.165) is 24.0 Å². The van der Waals surface area contributed by atoms with Gasteiger partial charge in [-0.2, -0.15) is 0 Å². The number of fused-ring (bicyclic) bond motifs is 1. The zero-order chi connectivity index (χ0) is 19.0. The second-order valence-corrected chi connectivity index (χ2v) is 6.81. The van der Waals surface area contributed by atoms with Crippen LogP contribution in [0.2, 0.25) is 0 Å². The van der Waals surface area contributed by atoms with Crippen LogP contribution in [-0.4, -0.2) is 35.0 Å². The van der Waals surface area contributed by atoms with E-state index in [2.05, 4.69) is 20.6 Å². The summed E-state index contributed by atoms with van der Waals surface area (Å²) in [4.78, 5) is 20.3. The highest BCUT2D eigenvalue weighted by Gasteiger charge is 2.29. The molecule has 0 bridgehead atoms. The van der Waals surface area contributed by atoms with Gasteiger partial charge in [-0.25, -0.2) is 14.4 Å². The van der Waals surface area contributed by atoms with E-state index in [4.69, 9.17) is 5.73 Å². The van der Waals surface area contributed by atoms with Gasteiger partial charge in [0.2, 0.25) is 0 Å². The van der Waals surface area contributed by atoms with Gasteiger partial charge in [-0.15, -0.1) is 0 Å². The topological polar surface area (TPSA) is 92.9 Å². The standard InChI is InChI=1S/C20H20FN5O/c1-11-7-12(5-6-16(11)21)15-8-23-9-17(15)26-20-14-4-2-3-13(19(22)27)18(14)24-10-25-20/h2-7,10,15,17,23H,8-9H2,1H3,(H2,22,27)(H,24,25,26). The number of nitrogens with two attached hydrogens (primary N) is 1. The quantitative estimate of drug-likeness (QED) is 0.660. The maximum Gasteiger partial charge on any atom is 0.250 e. The number of primary amides is 1. The number of nitrogens with zero attached hydrogens (tertiary/aromatic N) is 2. The van der Waals surface area contributed by atoms with Crippen LogP contribution in [0.1, 0.15) is 27.4 Å². The molecule has 0 radical (unpaired) electrons. The predicted molar refractivity (Wildman–Crippen MR) is 102 cm³/mol. The average Bonchev–Trinajstić information content (AvgIpc) is 3.12. The van der Waals surface area contributed by atoms with Gasteiger partial charge < -0.3 is 16.4 Å². The highest BCUT2D eigenvalue weighted by Crippen LogP contribution is 2.29. The smallest absolute Gasteiger partial charge is 0.250 e. The molecule has 4 N–H and O–H groups in total. The molecule has 1 aliphatic rings. The molecule has 2 heterocycles. The van der Waals surface area contributed by atoms with E-state index in [-0.39, 0.29) is 17.8 Å². The lowest BCUT2D eigenvalue weighted by atomic mass is 9.93. The second kappa shape index (κ2) is 6.92. The summed E-state index contributed by atoms with van der Waals surface area (Å²) in [5.74, 6) is 0.108. The first kappa shape index (κ1) is 17.4. The summed E-state index contributed by atoms with van der Waals surface area (Å²) >= 11 is 0. The number of aromatic nitrogens is 2. The van der Waals surface area contributed by atoms with E-state index in [1.807, 2.05) is 18.2 Å². The minimum Gasteiger partial charge on any atom is -0.366 e. The van der Waals surface area contributed by atoms with E-state index >= 15 is 0 Å². The van der Waals surface area contributed by atoms with Gasteiger partial charge in [0.25, 0.3) is 5.91 Å². The maximum atomic E-state index is 13.6. The fourth-order valence-electron chi connectivity index (χ4n) is 3.66. The van der Waals surface area contributed by atoms with Gasteiger partial charge >= 0.3 is 0 Å². The molecule has 1 aromatic heterocycles. The van der Waals surface area contributed by atoms with Crippen molar-refractivity contribution in [2.45, 2.75) is 18.9 Å². The normalized spacial score (nSPS) is 19.3. The Kier molecular flexibility index (Phi) is 4.45. The molecule has 1 fully saturated rings. The Morgan fingerprint density at radius 2 is 2.11 bits per heavy atom. The van der Waals surface area contributed by atoms with Crippen LogP contribution in [0.3, 0.4) is 0 Å². The molecule has 2 atom stereocenters. The van der Waals surface area contributed by atoms with Crippen LogP contribution in [0, 0.1) is 12.7 Å². The summed E-state index contributed by atoms with van der Waals surface area (Å²) in [6, 6.07) is 10.6. The van der Waals surface area contributed by atoms with E-state index < -0.39 is 5.91 Å². The lowest BCUT2D eigenvalue weighted by Crippen LogP contribution is -2.28. The van der Waals surface area contributed by atoms with Crippen LogP contribution in [0.15, 0.2) is 42.7 Å². The minimum atomic E-state index is -0.521. The fraction of sp³-hybridized carbons (Fsp3) is 0.250. The Bertz CT molecular complexity index is 1020. The fourth-order valence-corrected chi connectivity index (χ4v) is 3.66. The van der Waals surface area contributed by atoms with Crippen molar-refractivity contribution >= 4 is 22.6 Å². The Morgan fingerprint density at radius 3 is 2.89 bits per heavy atom. The Labute approximate surface area is 156 Å². The largest absolute Gasteiger partial charge is 0.366 e. The van der Waals surface area contributed by atoms with Gasteiger partial charge in [-0.1, -0.05) is 18.2 Å². The first-order chi connectivity index (χ1) is 13.0. The number of rotatable bonds is 4. The summed E-state index contributed by atoms with van der Waals surface area (Å²) in [5.41, 5.74) is 8.07. The van der Waals surface area contributed by atoms with E-state index in [0.29, 0.717) is 22.5 Å². The number of nitrogens with one attached hydrogen (secondary N) is 2. The maximum absolute atomic E-state index is 13.6. The number of anilines is 1. The monoisotopic (exact) mass is 365 g/mol. The number of carbonyl (C=O) groups is 1. The van der Waals surface area contributed by atoms with Gasteiger partial charge in [0.1, 0.15) is 18.0 Å². The molecule has 0 saturated carbocycles. The van der Waals surface area contributed by atoms with Crippen molar-refractivity contribution in [1.82, 2.24) is 15.3 Å². The molecule has 1 saturated heterocycles. The number of benzene rings is 2. The molecular weight excluding hydrogens is 345 g/mol. The number of amides is 1. The van der Waals surface area contributed by atoms with Crippen molar-refractivity contribution in [3.05, 3.63) is 65.2 Å². The molecule has 0 spiro atoms. The van der Waals surface area contributed by atoms with Crippen molar-refractivity contribution in [2.75, 3.05) is 18.4 Å². The molecule has 0 aliphatic carbocycles. The summed E-state index contributed by atoms with van der Waals surface area (Å²) < 4.78 is 13.6. The summed E-state index contributed by atoms with van der Waals surface area (Å²) in [6.07, 6.45) is 1.43. The van der Waals surface area contributed by atoms with E-state index in [1.165, 1.54) is 12.4 Å². The molecule has 1 aliphatic heterocycles. The van der Waals surface area contributed by atoms with Gasteiger partial charge in [-0.05, 0) is 36.2 Å². The minimum absolute atomic E-state index is 0.0743. The van der Waals surface area contributed by atoms with Crippen molar-refractivity contribution < 1.29 is 9.18 Å². The van der Waals surface area contributed by atoms with Crippen molar-refractivity contribution in [3.8, 4) is 0 Å². The molecule has 2 unspecified atom stereocenters. The molecule has 138 valence electrons. The zero-order valence-corrected chi connectivity index (χ0v) is 14.9. The molecule has 27 heavy (non-hydrogen) atoms. The van der Waals surface area contributed by atoms with Gasteiger partial charge in [-0.3, -0.25) is 4.79 Å². The molecule has 7 heteroatoms. The molecule has 3 aromatic rings. The SMILES string of the molecule is Cc1cc(C2CNCC2Nc2ncnc3c(C(N)=O)cccc23)ccc1F. The zero-order valence-electron chi connectivity index (χ0n) is 14.9. The van der Waals surface area contributed by atoms with Crippen molar-refractivity contribution in [2.24, 2.45) is 5.73 Å². The van der Waals surface area contributed by atoms with Crippen LogP contribution >= 0.6 is 0 Å². The van der Waals surface area contributed by atoms with Gasteiger partial charge in [0.05, 0.1) is 11.1 Å². The first-order valence-electron chi connectivity index (χ1n) is 8.81. The van der Waals surface area contributed by atoms with E-state index in [9.17, 15) is 9.18 Å². The van der Waals surface area contributed by atoms with Crippen LogP contribution in [0.5, 0.6) is 0 Å². The Hall–Kier alpha value is -3.06. The molecule has 6 nitrogen and oxygen atoms in total. The summed E-state index contributed by atoms with van der Waals surface area (Å²) in [7, 11) is 0. The molecular formula is C20H20FN5O. The Balaban J connectivity index is 1.68.